The van der Waals surface area contributed by atoms with Gasteiger partial charge in [-0.3, -0.25) is 4.90 Å². The molecule has 1 saturated carbocycles. The number of hydrogen-bond acceptors (Lipinski definition) is 4. The molecule has 6 heteroatoms. The van der Waals surface area contributed by atoms with Gasteiger partial charge in [0.2, 0.25) is 0 Å². The molecule has 1 saturated heterocycles. The fraction of sp³-hybridized carbons (Fsp3) is 0.429. The van der Waals surface area contributed by atoms with Crippen molar-refractivity contribution in [2.24, 2.45) is 0 Å². The zero-order valence-electron chi connectivity index (χ0n) is 15.5. The number of ether oxygens (including phenoxy) is 1. The van der Waals surface area contributed by atoms with Crippen LogP contribution in [0.25, 0.3) is 0 Å². The minimum atomic E-state index is 0.495. The third-order valence-corrected chi connectivity index (χ3v) is 6.01. The summed E-state index contributed by atoms with van der Waals surface area (Å²) < 4.78 is 6.09. The van der Waals surface area contributed by atoms with Gasteiger partial charge in [-0.15, -0.1) is 0 Å². The molecule has 2 aromatic rings. The summed E-state index contributed by atoms with van der Waals surface area (Å²) in [5, 5.41) is 4.26. The molecule has 27 heavy (non-hydrogen) atoms. The smallest absolute Gasteiger partial charge is 0.132 e. The second-order valence-electron chi connectivity index (χ2n) is 7.25. The van der Waals surface area contributed by atoms with Crippen molar-refractivity contribution in [1.82, 2.24) is 10.2 Å². The predicted octanol–water partition coefficient (Wildman–Crippen LogP) is 4.79. The lowest BCUT2D eigenvalue weighted by atomic mass is 10.1. The summed E-state index contributed by atoms with van der Waals surface area (Å²) in [6.07, 6.45) is 2.76. The third kappa shape index (κ3) is 4.52. The highest BCUT2D eigenvalue weighted by Crippen LogP contribution is 2.33. The average molecular weight is 406 g/mol. The van der Waals surface area contributed by atoms with Gasteiger partial charge in [0.05, 0.1) is 10.0 Å². The molecule has 144 valence electrons. The van der Waals surface area contributed by atoms with Crippen molar-refractivity contribution < 1.29 is 4.74 Å². The summed E-state index contributed by atoms with van der Waals surface area (Å²) in [4.78, 5) is 5.10. The molecule has 2 fully saturated rings. The van der Waals surface area contributed by atoms with Gasteiger partial charge in [-0.05, 0) is 50.2 Å². The van der Waals surface area contributed by atoms with E-state index in [4.69, 9.17) is 27.9 Å². The van der Waals surface area contributed by atoms with Crippen molar-refractivity contribution in [2.75, 3.05) is 38.1 Å². The maximum atomic E-state index is 6.11. The number of anilines is 1. The Balaban J connectivity index is 1.50. The highest BCUT2D eigenvalue weighted by atomic mass is 35.5. The summed E-state index contributed by atoms with van der Waals surface area (Å²) >= 11 is 12.1. The fourth-order valence-corrected chi connectivity index (χ4v) is 3.93. The Hall–Kier alpha value is -1.46. The number of hydrogen-bond donors (Lipinski definition) is 1. The molecule has 0 amide bonds. The van der Waals surface area contributed by atoms with E-state index in [1.165, 1.54) is 18.5 Å². The van der Waals surface area contributed by atoms with Gasteiger partial charge in [-0.1, -0.05) is 23.2 Å². The number of nitrogens with one attached hydrogen (secondary N) is 1. The number of halogens is 2. The minimum Gasteiger partial charge on any atom is -0.457 e. The predicted molar refractivity (Wildman–Crippen MR) is 113 cm³/mol. The molecular weight excluding hydrogens is 381 g/mol. The van der Waals surface area contributed by atoms with Gasteiger partial charge in [0.15, 0.2) is 0 Å². The first-order valence-electron chi connectivity index (χ1n) is 9.53. The number of piperazine rings is 1. The van der Waals surface area contributed by atoms with E-state index in [9.17, 15) is 0 Å². The molecule has 1 heterocycles. The van der Waals surface area contributed by atoms with Crippen LogP contribution in [0.1, 0.15) is 18.4 Å². The van der Waals surface area contributed by atoms with Gasteiger partial charge in [0.25, 0.3) is 0 Å². The first-order valence-corrected chi connectivity index (χ1v) is 10.3. The van der Waals surface area contributed by atoms with Gasteiger partial charge in [0, 0.05) is 56.1 Å². The summed E-state index contributed by atoms with van der Waals surface area (Å²) in [6.45, 7) is 5.23. The maximum Gasteiger partial charge on any atom is 0.132 e. The first kappa shape index (κ1) is 18.9. The fourth-order valence-electron chi connectivity index (χ4n) is 3.64. The molecule has 1 aliphatic carbocycles. The molecule has 4 nitrogen and oxygen atoms in total. The summed E-state index contributed by atoms with van der Waals surface area (Å²) in [5.74, 6) is 1.52. The van der Waals surface area contributed by atoms with Crippen LogP contribution in [0.5, 0.6) is 11.5 Å². The lowest BCUT2D eigenvalue weighted by Gasteiger charge is -2.36. The Morgan fingerprint density at radius 3 is 2.44 bits per heavy atom. The molecule has 0 aromatic heterocycles. The Morgan fingerprint density at radius 2 is 1.78 bits per heavy atom. The Labute approximate surface area is 171 Å². The van der Waals surface area contributed by atoms with E-state index >= 15 is 0 Å². The number of nitrogens with zero attached hydrogens (tertiary/aromatic N) is 2. The van der Waals surface area contributed by atoms with Crippen molar-refractivity contribution >= 4 is 28.9 Å². The van der Waals surface area contributed by atoms with Crippen LogP contribution in [0.2, 0.25) is 10.0 Å². The zero-order valence-corrected chi connectivity index (χ0v) is 17.1. The van der Waals surface area contributed by atoms with E-state index in [1.807, 2.05) is 13.1 Å². The second kappa shape index (κ2) is 8.27. The van der Waals surface area contributed by atoms with Crippen LogP contribution in [0.4, 0.5) is 5.69 Å². The van der Waals surface area contributed by atoms with Gasteiger partial charge in [-0.25, -0.2) is 0 Å². The molecule has 1 aliphatic heterocycles. The molecule has 0 radical (unpaired) electrons. The highest BCUT2D eigenvalue weighted by molar-refractivity contribution is 6.42. The van der Waals surface area contributed by atoms with E-state index in [-0.39, 0.29) is 0 Å². The highest BCUT2D eigenvalue weighted by Gasteiger charge is 2.31. The van der Waals surface area contributed by atoms with Crippen molar-refractivity contribution in [3.05, 3.63) is 52.0 Å². The Kier molecular flexibility index (Phi) is 5.79. The van der Waals surface area contributed by atoms with E-state index < -0.39 is 0 Å². The third-order valence-electron chi connectivity index (χ3n) is 5.27. The number of rotatable bonds is 6. The molecular formula is C21H25Cl2N3O. The Bertz CT molecular complexity index is 802. The molecule has 1 N–H and O–H groups in total. The van der Waals surface area contributed by atoms with E-state index in [1.54, 1.807) is 12.1 Å². The molecule has 4 rings (SSSR count). The van der Waals surface area contributed by atoms with E-state index in [2.05, 4.69) is 33.3 Å². The molecule has 2 aromatic carbocycles. The maximum absolute atomic E-state index is 6.11. The van der Waals surface area contributed by atoms with Crippen LogP contribution in [-0.4, -0.2) is 44.2 Å². The molecule has 0 spiro atoms. The van der Waals surface area contributed by atoms with Crippen molar-refractivity contribution in [2.45, 2.75) is 25.4 Å². The van der Waals surface area contributed by atoms with Gasteiger partial charge < -0.3 is 15.0 Å². The van der Waals surface area contributed by atoms with Crippen LogP contribution < -0.4 is 15.0 Å². The quantitative estimate of drug-likeness (QED) is 0.747. The normalized spacial score (nSPS) is 18.0. The molecule has 0 atom stereocenters. The monoisotopic (exact) mass is 405 g/mol. The van der Waals surface area contributed by atoms with Crippen LogP contribution in [-0.2, 0) is 6.54 Å². The summed E-state index contributed by atoms with van der Waals surface area (Å²) in [6, 6.07) is 12.6. The van der Waals surface area contributed by atoms with Crippen LogP contribution in [0.3, 0.4) is 0 Å². The average Bonchev–Trinajstić information content (AvgIpc) is 3.52. The standard InChI is InChI=1S/C21H25Cl2N3O/c1-24-14-15-12-17(26-10-8-25(9-11-26)16-2-3-16)4-7-21(15)27-18-5-6-19(22)20(23)13-18/h4-7,12-13,16,24H,2-3,8-11,14H2,1H3. The number of benzene rings is 2. The lowest BCUT2D eigenvalue weighted by Crippen LogP contribution is -2.47. The van der Waals surface area contributed by atoms with Gasteiger partial charge >= 0.3 is 0 Å². The summed E-state index contributed by atoms with van der Waals surface area (Å²) in [5.41, 5.74) is 2.39. The van der Waals surface area contributed by atoms with Gasteiger partial charge in [-0.2, -0.15) is 0 Å². The second-order valence-corrected chi connectivity index (χ2v) is 8.07. The van der Waals surface area contributed by atoms with Crippen molar-refractivity contribution in [3.8, 4) is 11.5 Å². The van der Waals surface area contributed by atoms with Crippen molar-refractivity contribution in [3.63, 3.8) is 0 Å². The zero-order chi connectivity index (χ0) is 18.8. The molecule has 0 bridgehead atoms. The van der Waals surface area contributed by atoms with Crippen molar-refractivity contribution in [1.29, 1.82) is 0 Å². The van der Waals surface area contributed by atoms with Crippen LogP contribution in [0.15, 0.2) is 36.4 Å². The molecule has 2 aliphatic rings. The topological polar surface area (TPSA) is 27.7 Å². The largest absolute Gasteiger partial charge is 0.457 e. The van der Waals surface area contributed by atoms with Crippen LogP contribution >= 0.6 is 23.2 Å². The summed E-state index contributed by atoms with van der Waals surface area (Å²) in [7, 11) is 1.95. The molecule has 0 unspecified atom stereocenters. The van der Waals surface area contributed by atoms with Crippen LogP contribution in [0, 0.1) is 0 Å². The minimum absolute atomic E-state index is 0.495. The first-order chi connectivity index (χ1) is 13.1. The van der Waals surface area contributed by atoms with Gasteiger partial charge in [0.1, 0.15) is 11.5 Å². The van der Waals surface area contributed by atoms with E-state index in [0.29, 0.717) is 15.8 Å². The van der Waals surface area contributed by atoms with E-state index in [0.717, 1.165) is 50.1 Å². The lowest BCUT2D eigenvalue weighted by molar-refractivity contribution is 0.248. The SMILES string of the molecule is CNCc1cc(N2CCN(C3CC3)CC2)ccc1Oc1ccc(Cl)c(Cl)c1. The Morgan fingerprint density at radius 1 is 1.00 bits per heavy atom.